The van der Waals surface area contributed by atoms with E-state index in [2.05, 4.69) is 11.8 Å². The quantitative estimate of drug-likeness (QED) is 0.891. The van der Waals surface area contributed by atoms with Gasteiger partial charge in [-0.3, -0.25) is 4.90 Å². The van der Waals surface area contributed by atoms with Crippen molar-refractivity contribution in [2.75, 3.05) is 13.3 Å². The number of hydrogen-bond acceptors (Lipinski definition) is 3. The van der Waals surface area contributed by atoms with E-state index in [4.69, 9.17) is 9.84 Å². The van der Waals surface area contributed by atoms with Crippen molar-refractivity contribution >= 4 is 5.97 Å². The third kappa shape index (κ3) is 3.23. The maximum atomic E-state index is 10.8. The summed E-state index contributed by atoms with van der Waals surface area (Å²) < 4.78 is 5.67. The van der Waals surface area contributed by atoms with E-state index in [1.54, 1.807) is 24.3 Å². The summed E-state index contributed by atoms with van der Waals surface area (Å²) in [5, 5.41) is 8.90. The van der Waals surface area contributed by atoms with E-state index in [0.29, 0.717) is 18.5 Å². The summed E-state index contributed by atoms with van der Waals surface area (Å²) in [6, 6.07) is 7.18. The Balaban J connectivity index is 1.93. The van der Waals surface area contributed by atoms with Crippen LogP contribution >= 0.6 is 0 Å². The van der Waals surface area contributed by atoms with Gasteiger partial charge in [0.1, 0.15) is 12.5 Å². The first kappa shape index (κ1) is 12.9. The average Bonchev–Trinajstić information content (AvgIpc) is 2.38. The first-order valence-corrected chi connectivity index (χ1v) is 6.37. The number of hydrogen-bond donors (Lipinski definition) is 1. The Morgan fingerprint density at radius 2 is 2.33 bits per heavy atom. The van der Waals surface area contributed by atoms with Crippen molar-refractivity contribution in [3.05, 3.63) is 29.8 Å². The highest BCUT2D eigenvalue weighted by molar-refractivity contribution is 5.87. The van der Waals surface area contributed by atoms with Crippen molar-refractivity contribution in [2.24, 2.45) is 0 Å². The molecule has 1 aliphatic rings. The monoisotopic (exact) mass is 249 g/mol. The minimum atomic E-state index is -0.924. The lowest BCUT2D eigenvalue weighted by atomic mass is 10.1. The number of benzene rings is 1. The molecule has 1 saturated heterocycles. The zero-order chi connectivity index (χ0) is 13.0. The second kappa shape index (κ2) is 5.87. The number of likely N-dealkylation sites (tertiary alicyclic amines) is 1. The lowest BCUT2D eigenvalue weighted by Crippen LogP contribution is -2.39. The van der Waals surface area contributed by atoms with Crippen LogP contribution in [0.3, 0.4) is 0 Å². The third-order valence-corrected chi connectivity index (χ3v) is 3.42. The molecule has 1 N–H and O–H groups in total. The van der Waals surface area contributed by atoms with Gasteiger partial charge in [-0.05, 0) is 38.0 Å². The van der Waals surface area contributed by atoms with Crippen LogP contribution in [0, 0.1) is 0 Å². The zero-order valence-corrected chi connectivity index (χ0v) is 10.6. The highest BCUT2D eigenvalue weighted by atomic mass is 16.5. The van der Waals surface area contributed by atoms with Crippen molar-refractivity contribution in [3.63, 3.8) is 0 Å². The fraction of sp³-hybridized carbons (Fsp3) is 0.500. The Labute approximate surface area is 107 Å². The van der Waals surface area contributed by atoms with E-state index in [1.807, 2.05) is 0 Å². The molecule has 1 aliphatic heterocycles. The molecule has 98 valence electrons. The predicted molar refractivity (Wildman–Crippen MR) is 68.9 cm³/mol. The van der Waals surface area contributed by atoms with Gasteiger partial charge in [0.2, 0.25) is 0 Å². The van der Waals surface area contributed by atoms with E-state index in [0.717, 1.165) is 6.54 Å². The molecule has 0 radical (unpaired) electrons. The molecule has 1 atom stereocenters. The number of aromatic carboxylic acids is 1. The molecule has 1 unspecified atom stereocenters. The number of piperidine rings is 1. The molecule has 4 heteroatoms. The number of rotatable bonds is 4. The van der Waals surface area contributed by atoms with Crippen molar-refractivity contribution in [2.45, 2.75) is 32.2 Å². The highest BCUT2D eigenvalue weighted by Gasteiger charge is 2.18. The molecule has 4 nitrogen and oxygen atoms in total. The van der Waals surface area contributed by atoms with Crippen LogP contribution in [0.2, 0.25) is 0 Å². The van der Waals surface area contributed by atoms with Gasteiger partial charge in [-0.1, -0.05) is 12.5 Å². The first-order valence-electron chi connectivity index (χ1n) is 6.37. The Bertz CT molecular complexity index is 419. The van der Waals surface area contributed by atoms with Crippen LogP contribution in [0.4, 0.5) is 0 Å². The van der Waals surface area contributed by atoms with Gasteiger partial charge in [0.25, 0.3) is 0 Å². The topological polar surface area (TPSA) is 49.8 Å². The summed E-state index contributed by atoms with van der Waals surface area (Å²) in [4.78, 5) is 13.1. The summed E-state index contributed by atoms with van der Waals surface area (Å²) in [6.45, 7) is 3.79. The van der Waals surface area contributed by atoms with Gasteiger partial charge in [0, 0.05) is 12.6 Å². The summed E-state index contributed by atoms with van der Waals surface area (Å²) >= 11 is 0. The Morgan fingerprint density at radius 3 is 3.06 bits per heavy atom. The summed E-state index contributed by atoms with van der Waals surface area (Å²) in [5.74, 6) is -0.306. The number of carbonyl (C=O) groups is 1. The Morgan fingerprint density at radius 1 is 1.50 bits per heavy atom. The van der Waals surface area contributed by atoms with Gasteiger partial charge in [0.15, 0.2) is 0 Å². The largest absolute Gasteiger partial charge is 0.478 e. The molecule has 1 aromatic rings. The van der Waals surface area contributed by atoms with Crippen LogP contribution < -0.4 is 4.74 Å². The Hall–Kier alpha value is -1.55. The molecule has 1 fully saturated rings. The van der Waals surface area contributed by atoms with E-state index in [-0.39, 0.29) is 5.56 Å². The van der Waals surface area contributed by atoms with E-state index < -0.39 is 5.97 Å². The lowest BCUT2D eigenvalue weighted by molar-refractivity contribution is 0.0649. The van der Waals surface area contributed by atoms with E-state index in [9.17, 15) is 4.79 Å². The Kier molecular flexibility index (Phi) is 4.20. The van der Waals surface area contributed by atoms with Crippen molar-refractivity contribution in [3.8, 4) is 5.75 Å². The fourth-order valence-corrected chi connectivity index (χ4v) is 2.23. The van der Waals surface area contributed by atoms with Gasteiger partial charge in [0.05, 0.1) is 5.56 Å². The first-order chi connectivity index (χ1) is 8.66. The fourth-order valence-electron chi connectivity index (χ4n) is 2.23. The van der Waals surface area contributed by atoms with Gasteiger partial charge < -0.3 is 9.84 Å². The molecule has 0 amide bonds. The highest BCUT2D eigenvalue weighted by Crippen LogP contribution is 2.18. The molecule has 2 rings (SSSR count). The number of carboxylic acid groups (broad SMARTS) is 1. The average molecular weight is 249 g/mol. The normalized spacial score (nSPS) is 20.6. The SMILES string of the molecule is CC1CCCCN1COc1cccc(C(=O)O)c1. The molecular formula is C14H19NO3. The van der Waals surface area contributed by atoms with E-state index in [1.165, 1.54) is 19.3 Å². The van der Waals surface area contributed by atoms with Gasteiger partial charge in [-0.15, -0.1) is 0 Å². The molecule has 1 aromatic carbocycles. The third-order valence-electron chi connectivity index (χ3n) is 3.42. The van der Waals surface area contributed by atoms with Crippen molar-refractivity contribution in [1.82, 2.24) is 4.90 Å². The molecule has 0 saturated carbocycles. The molecule has 0 spiro atoms. The lowest BCUT2D eigenvalue weighted by Gasteiger charge is -2.32. The molecule has 0 aliphatic carbocycles. The van der Waals surface area contributed by atoms with Crippen LogP contribution in [0.1, 0.15) is 36.5 Å². The van der Waals surface area contributed by atoms with Crippen LogP contribution in [0.5, 0.6) is 5.75 Å². The molecule has 18 heavy (non-hydrogen) atoms. The second-order valence-electron chi connectivity index (χ2n) is 4.76. The zero-order valence-electron chi connectivity index (χ0n) is 10.6. The van der Waals surface area contributed by atoms with Gasteiger partial charge in [-0.2, -0.15) is 0 Å². The molecular weight excluding hydrogens is 230 g/mol. The number of ether oxygens (including phenoxy) is 1. The molecule has 0 aromatic heterocycles. The minimum Gasteiger partial charge on any atom is -0.478 e. The minimum absolute atomic E-state index is 0.263. The molecule has 0 bridgehead atoms. The van der Waals surface area contributed by atoms with Crippen LogP contribution in [0.15, 0.2) is 24.3 Å². The number of nitrogens with zero attached hydrogens (tertiary/aromatic N) is 1. The molecule has 1 heterocycles. The van der Waals surface area contributed by atoms with Crippen LogP contribution in [-0.4, -0.2) is 35.3 Å². The van der Waals surface area contributed by atoms with Crippen molar-refractivity contribution in [1.29, 1.82) is 0 Å². The number of carboxylic acids is 1. The maximum Gasteiger partial charge on any atom is 0.335 e. The predicted octanol–water partition coefficient (Wildman–Crippen LogP) is 2.60. The summed E-state index contributed by atoms with van der Waals surface area (Å²) in [7, 11) is 0. The van der Waals surface area contributed by atoms with Crippen molar-refractivity contribution < 1.29 is 14.6 Å². The smallest absolute Gasteiger partial charge is 0.335 e. The van der Waals surface area contributed by atoms with Gasteiger partial charge in [-0.25, -0.2) is 4.79 Å². The van der Waals surface area contributed by atoms with E-state index >= 15 is 0 Å². The standard InChI is InChI=1S/C14H19NO3/c1-11-5-2-3-8-15(11)10-18-13-7-4-6-12(9-13)14(16)17/h4,6-7,9,11H,2-3,5,8,10H2,1H3,(H,16,17). The summed E-state index contributed by atoms with van der Waals surface area (Å²) in [5.41, 5.74) is 0.263. The van der Waals surface area contributed by atoms with Crippen LogP contribution in [0.25, 0.3) is 0 Å². The summed E-state index contributed by atoms with van der Waals surface area (Å²) in [6.07, 6.45) is 3.70. The van der Waals surface area contributed by atoms with Crippen LogP contribution in [-0.2, 0) is 0 Å². The van der Waals surface area contributed by atoms with Gasteiger partial charge >= 0.3 is 5.97 Å². The second-order valence-corrected chi connectivity index (χ2v) is 4.76. The maximum absolute atomic E-state index is 10.8.